The molecule has 128 valence electrons. The third-order valence-corrected chi connectivity index (χ3v) is 4.46. The molecule has 1 heterocycles. The summed E-state index contributed by atoms with van der Waals surface area (Å²) in [6.45, 7) is -0.213. The highest BCUT2D eigenvalue weighted by Crippen LogP contribution is 2.21. The zero-order chi connectivity index (χ0) is 17.6. The Bertz CT molecular complexity index is 823. The Labute approximate surface area is 139 Å². The molecule has 3 N–H and O–H groups in total. The minimum absolute atomic E-state index is 0.0192. The van der Waals surface area contributed by atoms with E-state index in [1.165, 1.54) is 43.8 Å². The van der Waals surface area contributed by atoms with Crippen molar-refractivity contribution in [3.63, 3.8) is 0 Å². The number of aliphatic hydroxyl groups excluding tert-OH is 1. The van der Waals surface area contributed by atoms with Gasteiger partial charge in [-0.15, -0.1) is 0 Å². The van der Waals surface area contributed by atoms with E-state index in [9.17, 15) is 13.2 Å². The molecular weight excluding hydrogens is 334 g/mol. The monoisotopic (exact) mass is 351 g/mol. The van der Waals surface area contributed by atoms with Crippen molar-refractivity contribution >= 4 is 21.6 Å². The number of carbonyl (C=O) groups excluding carboxylic acids is 1. The molecule has 0 aliphatic rings. The van der Waals surface area contributed by atoms with Gasteiger partial charge < -0.3 is 15.2 Å². The fourth-order valence-corrected chi connectivity index (χ4v) is 3.19. The highest BCUT2D eigenvalue weighted by Gasteiger charge is 2.22. The molecular formula is C15H17N3O5S. The smallest absolute Gasteiger partial charge is 0.262 e. The number of methoxy groups -OCH3 is 1. The van der Waals surface area contributed by atoms with Crippen LogP contribution < -0.4 is 14.8 Å². The van der Waals surface area contributed by atoms with Gasteiger partial charge in [0.2, 0.25) is 0 Å². The van der Waals surface area contributed by atoms with Gasteiger partial charge >= 0.3 is 0 Å². The van der Waals surface area contributed by atoms with Crippen molar-refractivity contribution in [1.29, 1.82) is 0 Å². The summed E-state index contributed by atoms with van der Waals surface area (Å²) in [5.74, 6) is -0.196. The molecule has 1 aromatic carbocycles. The number of ether oxygens (including phenoxy) is 1. The zero-order valence-corrected chi connectivity index (χ0v) is 13.7. The normalized spacial score (nSPS) is 10.9. The standard InChI is InChI=1S/C15H17N3O5S/c1-23-12-8-11(9-16-10-12)18-24(21,22)14-5-3-2-4-13(14)15(20)17-6-7-19/h2-5,8-10,18-19H,6-7H2,1H3,(H,17,20). The number of anilines is 1. The van der Waals surface area contributed by atoms with Crippen LogP contribution in [0.5, 0.6) is 5.75 Å². The number of nitrogens with zero attached hydrogens (tertiary/aromatic N) is 1. The Kier molecular flexibility index (Phi) is 5.72. The van der Waals surface area contributed by atoms with Crippen LogP contribution in [0.1, 0.15) is 10.4 Å². The Hall–Kier alpha value is -2.65. The second-order valence-electron chi connectivity index (χ2n) is 4.69. The molecule has 24 heavy (non-hydrogen) atoms. The van der Waals surface area contributed by atoms with E-state index in [1.54, 1.807) is 6.07 Å². The van der Waals surface area contributed by atoms with E-state index in [0.29, 0.717) is 5.75 Å². The number of sulfonamides is 1. The number of aliphatic hydroxyl groups is 1. The minimum Gasteiger partial charge on any atom is -0.495 e. The van der Waals surface area contributed by atoms with Gasteiger partial charge in [0.15, 0.2) is 0 Å². The second kappa shape index (κ2) is 7.75. The third-order valence-electron chi connectivity index (χ3n) is 3.02. The number of benzene rings is 1. The van der Waals surface area contributed by atoms with Gasteiger partial charge in [-0.2, -0.15) is 0 Å². The Morgan fingerprint density at radius 1 is 1.29 bits per heavy atom. The molecule has 9 heteroatoms. The molecule has 8 nitrogen and oxygen atoms in total. The van der Waals surface area contributed by atoms with Crippen LogP contribution in [0.3, 0.4) is 0 Å². The predicted octanol–water partition coefficient (Wildman–Crippen LogP) is 0.613. The molecule has 2 rings (SSSR count). The van der Waals surface area contributed by atoms with Gasteiger partial charge in [0.1, 0.15) is 10.6 Å². The first-order valence-corrected chi connectivity index (χ1v) is 8.46. The van der Waals surface area contributed by atoms with Gasteiger partial charge in [0.25, 0.3) is 15.9 Å². The molecule has 0 aliphatic heterocycles. The van der Waals surface area contributed by atoms with Crippen LogP contribution in [0.15, 0.2) is 47.6 Å². The lowest BCUT2D eigenvalue weighted by atomic mass is 10.2. The lowest BCUT2D eigenvalue weighted by molar-refractivity contribution is 0.0941. The summed E-state index contributed by atoms with van der Waals surface area (Å²) in [6, 6.07) is 7.26. The molecule has 0 radical (unpaired) electrons. The maximum atomic E-state index is 12.6. The lowest BCUT2D eigenvalue weighted by Gasteiger charge is -2.12. The first-order chi connectivity index (χ1) is 11.5. The largest absolute Gasteiger partial charge is 0.495 e. The Balaban J connectivity index is 2.33. The highest BCUT2D eigenvalue weighted by atomic mass is 32.2. The van der Waals surface area contributed by atoms with Crippen LogP contribution in [-0.2, 0) is 10.0 Å². The molecule has 1 aromatic heterocycles. The number of aromatic nitrogens is 1. The molecule has 1 amide bonds. The van der Waals surface area contributed by atoms with Gasteiger partial charge in [0.05, 0.1) is 37.4 Å². The first kappa shape index (κ1) is 17.7. The fraction of sp³-hybridized carbons (Fsp3) is 0.200. The van der Waals surface area contributed by atoms with Crippen molar-refractivity contribution in [3.05, 3.63) is 48.3 Å². The summed E-state index contributed by atoms with van der Waals surface area (Å²) in [5, 5.41) is 11.2. The fourth-order valence-electron chi connectivity index (χ4n) is 1.95. The van der Waals surface area contributed by atoms with Gasteiger partial charge in [-0.3, -0.25) is 14.5 Å². The van der Waals surface area contributed by atoms with Gasteiger partial charge in [0, 0.05) is 12.6 Å². The van der Waals surface area contributed by atoms with Crippen molar-refractivity contribution in [2.45, 2.75) is 4.90 Å². The van der Waals surface area contributed by atoms with E-state index >= 15 is 0 Å². The number of rotatable bonds is 7. The minimum atomic E-state index is -4.01. The summed E-state index contributed by atoms with van der Waals surface area (Å²) in [5.41, 5.74) is 0.189. The van der Waals surface area contributed by atoms with Crippen LogP contribution >= 0.6 is 0 Å². The molecule has 0 spiro atoms. The molecule has 0 saturated carbocycles. The molecule has 0 atom stereocenters. The zero-order valence-electron chi connectivity index (χ0n) is 12.9. The summed E-state index contributed by atoms with van der Waals surface area (Å²) < 4.78 is 32.5. The SMILES string of the molecule is COc1cncc(NS(=O)(=O)c2ccccc2C(=O)NCCO)c1. The van der Waals surface area contributed by atoms with Crippen LogP contribution in [-0.4, -0.2) is 44.7 Å². The van der Waals surface area contributed by atoms with E-state index < -0.39 is 15.9 Å². The number of hydrogen-bond donors (Lipinski definition) is 3. The molecule has 0 aliphatic carbocycles. The highest BCUT2D eigenvalue weighted by molar-refractivity contribution is 7.92. The van der Waals surface area contributed by atoms with Crippen molar-refractivity contribution in [1.82, 2.24) is 10.3 Å². The van der Waals surface area contributed by atoms with E-state index in [4.69, 9.17) is 9.84 Å². The van der Waals surface area contributed by atoms with Crippen molar-refractivity contribution < 1.29 is 23.1 Å². The van der Waals surface area contributed by atoms with E-state index in [0.717, 1.165) is 0 Å². The van der Waals surface area contributed by atoms with Gasteiger partial charge in [-0.05, 0) is 12.1 Å². The molecule has 0 saturated heterocycles. The number of amides is 1. The van der Waals surface area contributed by atoms with Crippen LogP contribution in [0, 0.1) is 0 Å². The average Bonchev–Trinajstić information content (AvgIpc) is 2.59. The van der Waals surface area contributed by atoms with Crippen molar-refractivity contribution in [2.75, 3.05) is 25.0 Å². The van der Waals surface area contributed by atoms with E-state index in [1.807, 2.05) is 0 Å². The number of carbonyl (C=O) groups is 1. The third kappa shape index (κ3) is 4.21. The lowest BCUT2D eigenvalue weighted by Crippen LogP contribution is -2.28. The molecule has 0 fully saturated rings. The second-order valence-corrected chi connectivity index (χ2v) is 6.35. The quantitative estimate of drug-likeness (QED) is 0.673. The summed E-state index contributed by atoms with van der Waals surface area (Å²) in [7, 11) is -2.57. The number of hydrogen-bond acceptors (Lipinski definition) is 6. The van der Waals surface area contributed by atoms with Crippen LogP contribution in [0.2, 0.25) is 0 Å². The Morgan fingerprint density at radius 3 is 2.75 bits per heavy atom. The van der Waals surface area contributed by atoms with Crippen LogP contribution in [0.4, 0.5) is 5.69 Å². The summed E-state index contributed by atoms with van der Waals surface area (Å²) >= 11 is 0. The van der Waals surface area contributed by atoms with Crippen LogP contribution in [0.25, 0.3) is 0 Å². The van der Waals surface area contributed by atoms with Crippen molar-refractivity contribution in [3.8, 4) is 5.75 Å². The maximum absolute atomic E-state index is 12.6. The number of pyridine rings is 1. The van der Waals surface area contributed by atoms with E-state index in [2.05, 4.69) is 15.0 Å². The number of nitrogens with one attached hydrogen (secondary N) is 2. The van der Waals surface area contributed by atoms with Crippen molar-refractivity contribution in [2.24, 2.45) is 0 Å². The summed E-state index contributed by atoms with van der Waals surface area (Å²) in [6.07, 6.45) is 2.77. The summed E-state index contributed by atoms with van der Waals surface area (Å²) in [4.78, 5) is 15.8. The van der Waals surface area contributed by atoms with Gasteiger partial charge in [-0.1, -0.05) is 12.1 Å². The average molecular weight is 351 g/mol. The molecule has 2 aromatic rings. The topological polar surface area (TPSA) is 118 Å². The first-order valence-electron chi connectivity index (χ1n) is 6.98. The molecule has 0 unspecified atom stereocenters. The predicted molar refractivity (Wildman–Crippen MR) is 87.5 cm³/mol. The van der Waals surface area contributed by atoms with Gasteiger partial charge in [-0.25, -0.2) is 8.42 Å². The van der Waals surface area contributed by atoms with E-state index in [-0.39, 0.29) is 29.3 Å². The molecule has 0 bridgehead atoms. The Morgan fingerprint density at radius 2 is 2.04 bits per heavy atom. The maximum Gasteiger partial charge on any atom is 0.262 e.